The van der Waals surface area contributed by atoms with Crippen molar-refractivity contribution in [2.45, 2.75) is 18.2 Å². The highest BCUT2D eigenvalue weighted by atomic mass is 32.2. The fraction of sp³-hybridized carbons (Fsp3) is 0.222. The molecule has 0 fully saturated rings. The molecule has 1 N–H and O–H groups in total. The third-order valence-electron chi connectivity index (χ3n) is 3.44. The van der Waals surface area contributed by atoms with Gasteiger partial charge in [0.25, 0.3) is 11.6 Å². The smallest absolute Gasteiger partial charge is 0.307 e. The number of benzene rings is 2. The Balaban J connectivity index is 1.73. The Kier molecular flexibility index (Phi) is 7.30. The van der Waals surface area contributed by atoms with E-state index in [-0.39, 0.29) is 23.6 Å². The van der Waals surface area contributed by atoms with Gasteiger partial charge in [0.15, 0.2) is 6.61 Å². The lowest BCUT2D eigenvalue weighted by Crippen LogP contribution is -2.21. The highest BCUT2D eigenvalue weighted by Gasteiger charge is 2.13. The van der Waals surface area contributed by atoms with Gasteiger partial charge in [0.05, 0.1) is 11.3 Å². The van der Waals surface area contributed by atoms with Crippen LogP contribution in [0.2, 0.25) is 0 Å². The molecule has 0 saturated heterocycles. The molecule has 0 aliphatic carbocycles. The predicted octanol–water partition coefficient (Wildman–Crippen LogP) is 3.71. The topological polar surface area (TPSA) is 98.5 Å². The van der Waals surface area contributed by atoms with Crippen LogP contribution in [-0.4, -0.2) is 29.2 Å². The van der Waals surface area contributed by atoms with E-state index >= 15 is 0 Å². The molecule has 9 heteroatoms. The Morgan fingerprint density at radius 1 is 1.22 bits per heavy atom. The van der Waals surface area contributed by atoms with E-state index < -0.39 is 23.4 Å². The highest BCUT2D eigenvalue weighted by Crippen LogP contribution is 2.22. The lowest BCUT2D eigenvalue weighted by molar-refractivity contribution is -0.385. The van der Waals surface area contributed by atoms with E-state index in [0.717, 1.165) is 4.90 Å². The van der Waals surface area contributed by atoms with Crippen molar-refractivity contribution in [2.24, 2.45) is 0 Å². The van der Waals surface area contributed by atoms with Gasteiger partial charge in [0.2, 0.25) is 0 Å². The average molecular weight is 392 g/mol. The van der Waals surface area contributed by atoms with Crippen LogP contribution in [0.25, 0.3) is 0 Å². The van der Waals surface area contributed by atoms with Gasteiger partial charge < -0.3 is 10.1 Å². The minimum absolute atomic E-state index is 0.0886. The zero-order valence-corrected chi connectivity index (χ0v) is 15.3. The lowest BCUT2D eigenvalue weighted by atomic mass is 10.2. The number of ether oxygens (including phenoxy) is 1. The maximum atomic E-state index is 12.8. The van der Waals surface area contributed by atoms with Crippen molar-refractivity contribution in [2.75, 3.05) is 17.7 Å². The van der Waals surface area contributed by atoms with Crippen LogP contribution in [0, 0.1) is 22.9 Å². The van der Waals surface area contributed by atoms with Gasteiger partial charge in [-0.3, -0.25) is 19.7 Å². The third kappa shape index (κ3) is 6.70. The minimum Gasteiger partial charge on any atom is -0.456 e. The van der Waals surface area contributed by atoms with Crippen LogP contribution >= 0.6 is 11.8 Å². The summed E-state index contributed by atoms with van der Waals surface area (Å²) < 4.78 is 17.7. The van der Waals surface area contributed by atoms with Crippen LogP contribution in [-0.2, 0) is 14.3 Å². The summed E-state index contributed by atoms with van der Waals surface area (Å²) in [6.45, 7) is 1.11. The van der Waals surface area contributed by atoms with Crippen LogP contribution in [0.1, 0.15) is 12.0 Å². The number of hydrogen-bond donors (Lipinski definition) is 1. The number of thioether (sulfide) groups is 1. The second kappa shape index (κ2) is 9.67. The number of hydrogen-bond acceptors (Lipinski definition) is 6. The molecule has 2 aromatic rings. The molecule has 0 saturated carbocycles. The molecular formula is C18H17FN2O5S. The molecule has 0 radical (unpaired) electrons. The quantitative estimate of drug-likeness (QED) is 0.318. The Bertz CT molecular complexity index is 842. The third-order valence-corrected chi connectivity index (χ3v) is 4.46. The fourth-order valence-electron chi connectivity index (χ4n) is 2.08. The maximum absolute atomic E-state index is 12.8. The number of anilines is 1. The van der Waals surface area contributed by atoms with Crippen LogP contribution in [0.15, 0.2) is 47.4 Å². The van der Waals surface area contributed by atoms with Crippen molar-refractivity contribution in [3.05, 3.63) is 64.0 Å². The van der Waals surface area contributed by atoms with Gasteiger partial charge in [0.1, 0.15) is 5.82 Å². The number of rotatable bonds is 8. The number of esters is 1. The average Bonchev–Trinajstić information content (AvgIpc) is 2.63. The van der Waals surface area contributed by atoms with Crippen LogP contribution in [0.4, 0.5) is 15.8 Å². The summed E-state index contributed by atoms with van der Waals surface area (Å²) >= 11 is 1.37. The summed E-state index contributed by atoms with van der Waals surface area (Å²) in [5.74, 6) is -1.04. The standard InChI is InChI=1S/C18H17FN2O5S/c1-12-2-5-14(10-16(12)21(24)25)20-17(22)11-26-18(23)8-9-27-15-6-3-13(19)4-7-15/h2-7,10H,8-9,11H2,1H3,(H,20,22). The first-order valence-corrected chi connectivity index (χ1v) is 8.92. The summed E-state index contributed by atoms with van der Waals surface area (Å²) in [5.41, 5.74) is 0.617. The number of halogens is 1. The van der Waals surface area contributed by atoms with E-state index in [0.29, 0.717) is 11.3 Å². The van der Waals surface area contributed by atoms with Gasteiger partial charge in [-0.25, -0.2) is 4.39 Å². The van der Waals surface area contributed by atoms with E-state index in [4.69, 9.17) is 4.74 Å². The number of aryl methyl sites for hydroxylation is 1. The van der Waals surface area contributed by atoms with E-state index in [1.807, 2.05) is 0 Å². The molecule has 0 aliphatic rings. The molecule has 2 aromatic carbocycles. The molecule has 0 aliphatic heterocycles. The van der Waals surface area contributed by atoms with Crippen LogP contribution in [0.3, 0.4) is 0 Å². The number of nitrogens with one attached hydrogen (secondary N) is 1. The molecule has 0 heterocycles. The molecule has 7 nitrogen and oxygen atoms in total. The van der Waals surface area contributed by atoms with E-state index in [9.17, 15) is 24.1 Å². The second-order valence-electron chi connectivity index (χ2n) is 5.52. The van der Waals surface area contributed by atoms with Gasteiger partial charge in [-0.05, 0) is 37.3 Å². The molecule has 142 valence electrons. The number of carbonyl (C=O) groups excluding carboxylic acids is 2. The summed E-state index contributed by atoms with van der Waals surface area (Å²) in [6.07, 6.45) is 0.0886. The Hall–Kier alpha value is -2.94. The van der Waals surface area contributed by atoms with Gasteiger partial charge >= 0.3 is 5.97 Å². The van der Waals surface area contributed by atoms with Gasteiger partial charge in [-0.1, -0.05) is 6.07 Å². The summed E-state index contributed by atoms with van der Waals surface area (Å²) in [6, 6.07) is 10.2. The van der Waals surface area contributed by atoms with Crippen molar-refractivity contribution in [3.63, 3.8) is 0 Å². The number of amides is 1. The Labute approximate surface area is 159 Å². The van der Waals surface area contributed by atoms with Crippen molar-refractivity contribution in [1.29, 1.82) is 0 Å². The molecule has 0 spiro atoms. The SMILES string of the molecule is Cc1ccc(NC(=O)COC(=O)CCSc2ccc(F)cc2)cc1[N+](=O)[O-]. The van der Waals surface area contributed by atoms with E-state index in [1.165, 1.54) is 42.1 Å². The molecule has 2 rings (SSSR count). The minimum atomic E-state index is -0.590. The monoisotopic (exact) mass is 392 g/mol. The first-order valence-electron chi connectivity index (χ1n) is 7.94. The maximum Gasteiger partial charge on any atom is 0.307 e. The molecule has 0 atom stereocenters. The first-order chi connectivity index (χ1) is 12.8. The largest absolute Gasteiger partial charge is 0.456 e. The van der Waals surface area contributed by atoms with Crippen LogP contribution in [0.5, 0.6) is 0 Å². The zero-order valence-electron chi connectivity index (χ0n) is 14.4. The molecule has 1 amide bonds. The van der Waals surface area contributed by atoms with Crippen molar-refractivity contribution >= 4 is 35.0 Å². The number of nitro benzene ring substituents is 1. The second-order valence-corrected chi connectivity index (χ2v) is 6.69. The fourth-order valence-corrected chi connectivity index (χ4v) is 2.92. The van der Waals surface area contributed by atoms with Crippen molar-refractivity contribution in [3.8, 4) is 0 Å². The normalized spacial score (nSPS) is 10.3. The zero-order chi connectivity index (χ0) is 19.8. The molecule has 0 bridgehead atoms. The van der Waals surface area contributed by atoms with E-state index in [1.54, 1.807) is 19.1 Å². The van der Waals surface area contributed by atoms with Crippen LogP contribution < -0.4 is 5.32 Å². The molecule has 0 unspecified atom stereocenters. The van der Waals surface area contributed by atoms with Gasteiger partial charge in [-0.15, -0.1) is 11.8 Å². The lowest BCUT2D eigenvalue weighted by Gasteiger charge is -2.07. The summed E-state index contributed by atoms with van der Waals surface area (Å²) in [7, 11) is 0. The summed E-state index contributed by atoms with van der Waals surface area (Å²) in [5, 5.41) is 13.3. The summed E-state index contributed by atoms with van der Waals surface area (Å²) in [4.78, 5) is 34.7. The predicted molar refractivity (Wildman–Crippen MR) is 99.2 cm³/mol. The first kappa shape index (κ1) is 20.4. The number of carbonyl (C=O) groups is 2. The Morgan fingerprint density at radius 3 is 2.59 bits per heavy atom. The number of nitro groups is 1. The van der Waals surface area contributed by atoms with Crippen molar-refractivity contribution in [1.82, 2.24) is 0 Å². The number of nitrogens with zero attached hydrogens (tertiary/aromatic N) is 1. The molecule has 27 heavy (non-hydrogen) atoms. The molecular weight excluding hydrogens is 375 g/mol. The van der Waals surface area contributed by atoms with Gasteiger partial charge in [0, 0.05) is 28.0 Å². The van der Waals surface area contributed by atoms with Crippen molar-refractivity contribution < 1.29 is 23.6 Å². The van der Waals surface area contributed by atoms with E-state index in [2.05, 4.69) is 5.32 Å². The molecule has 0 aromatic heterocycles. The van der Waals surface area contributed by atoms with Gasteiger partial charge in [-0.2, -0.15) is 0 Å². The Morgan fingerprint density at radius 2 is 1.93 bits per heavy atom. The highest BCUT2D eigenvalue weighted by molar-refractivity contribution is 7.99.